The van der Waals surface area contributed by atoms with E-state index >= 15 is 0 Å². The highest BCUT2D eigenvalue weighted by atomic mass is 16.4. The fraction of sp³-hybridized carbons (Fsp3) is 0.348. The summed E-state index contributed by atoms with van der Waals surface area (Å²) in [5, 5.41) is 9.44. The topological polar surface area (TPSA) is 111 Å². The second kappa shape index (κ2) is 8.49. The number of likely N-dealkylation sites (tertiary alicyclic amines) is 1. The van der Waals surface area contributed by atoms with Crippen molar-refractivity contribution in [2.45, 2.75) is 31.8 Å². The number of carboxylic acid groups (broad SMARTS) is 1. The zero-order valence-electron chi connectivity index (χ0n) is 17.5. The third kappa shape index (κ3) is 4.17. The van der Waals surface area contributed by atoms with Crippen molar-refractivity contribution >= 4 is 16.9 Å². The summed E-state index contributed by atoms with van der Waals surface area (Å²) >= 11 is 0. The molecule has 1 aliphatic rings. The molecule has 0 radical (unpaired) electrons. The quantitative estimate of drug-likeness (QED) is 0.618. The number of rotatable bonds is 6. The van der Waals surface area contributed by atoms with Gasteiger partial charge in [-0.2, -0.15) is 0 Å². The summed E-state index contributed by atoms with van der Waals surface area (Å²) in [6.45, 7) is 2.96. The van der Waals surface area contributed by atoms with Crippen molar-refractivity contribution in [1.82, 2.24) is 14.0 Å². The van der Waals surface area contributed by atoms with Gasteiger partial charge < -0.3 is 10.8 Å². The van der Waals surface area contributed by atoms with Crippen LogP contribution in [-0.4, -0.2) is 44.2 Å². The Morgan fingerprint density at radius 1 is 1.06 bits per heavy atom. The monoisotopic (exact) mass is 422 g/mol. The van der Waals surface area contributed by atoms with Crippen LogP contribution >= 0.6 is 0 Å². The normalized spacial score (nSPS) is 15.4. The highest BCUT2D eigenvalue weighted by Gasteiger charge is 2.16. The molecule has 0 saturated carbocycles. The predicted octanol–water partition coefficient (Wildman–Crippen LogP) is 1.24. The van der Waals surface area contributed by atoms with Gasteiger partial charge in [-0.05, 0) is 67.7 Å². The molecule has 2 aromatic carbocycles. The Balaban J connectivity index is 1.71. The summed E-state index contributed by atoms with van der Waals surface area (Å²) in [4.78, 5) is 39.5. The Bertz CT molecular complexity index is 1240. The van der Waals surface area contributed by atoms with Crippen LogP contribution in [-0.2, 0) is 24.8 Å². The Morgan fingerprint density at radius 3 is 2.35 bits per heavy atom. The molecule has 0 bridgehead atoms. The van der Waals surface area contributed by atoms with E-state index in [1.54, 1.807) is 37.4 Å². The predicted molar refractivity (Wildman–Crippen MR) is 119 cm³/mol. The number of nitrogens with zero attached hydrogens (tertiary/aromatic N) is 3. The molecule has 2 heterocycles. The maximum atomic E-state index is 13.2. The third-order valence-electron chi connectivity index (χ3n) is 5.91. The number of carboxylic acids is 1. The lowest BCUT2D eigenvalue weighted by Crippen LogP contribution is -2.38. The molecule has 4 rings (SSSR count). The maximum Gasteiger partial charge on any atom is 0.335 e. The van der Waals surface area contributed by atoms with Crippen LogP contribution in [0, 0.1) is 0 Å². The largest absolute Gasteiger partial charge is 0.480 e. The van der Waals surface area contributed by atoms with Gasteiger partial charge in [0.2, 0.25) is 0 Å². The number of hydrogen-bond donors (Lipinski definition) is 2. The fourth-order valence-electron chi connectivity index (χ4n) is 4.14. The highest BCUT2D eigenvalue weighted by Crippen LogP contribution is 2.17. The van der Waals surface area contributed by atoms with Crippen LogP contribution in [0.5, 0.6) is 0 Å². The molecular formula is C23H26N4O4. The van der Waals surface area contributed by atoms with E-state index in [9.17, 15) is 14.4 Å². The van der Waals surface area contributed by atoms with E-state index in [0.29, 0.717) is 16.6 Å². The van der Waals surface area contributed by atoms with E-state index < -0.39 is 17.7 Å². The van der Waals surface area contributed by atoms with E-state index in [1.807, 2.05) is 12.1 Å². The van der Waals surface area contributed by atoms with E-state index in [-0.39, 0.29) is 12.0 Å². The van der Waals surface area contributed by atoms with Crippen LogP contribution in [0.1, 0.15) is 24.0 Å². The van der Waals surface area contributed by atoms with Crippen LogP contribution < -0.4 is 17.0 Å². The smallest absolute Gasteiger partial charge is 0.335 e. The number of aliphatic carboxylic acids is 1. The van der Waals surface area contributed by atoms with Gasteiger partial charge in [0.05, 0.1) is 16.6 Å². The van der Waals surface area contributed by atoms with Gasteiger partial charge in [0.15, 0.2) is 0 Å². The lowest BCUT2D eigenvalue weighted by atomic mass is 10.1. The van der Waals surface area contributed by atoms with Crippen molar-refractivity contribution in [3.63, 3.8) is 0 Å². The van der Waals surface area contributed by atoms with Crippen molar-refractivity contribution in [2.75, 3.05) is 13.1 Å². The summed E-state index contributed by atoms with van der Waals surface area (Å²) < 4.78 is 2.64. The second-order valence-corrected chi connectivity index (χ2v) is 8.13. The maximum absolute atomic E-state index is 13.2. The van der Waals surface area contributed by atoms with Crippen molar-refractivity contribution in [1.29, 1.82) is 0 Å². The Hall–Kier alpha value is -3.23. The van der Waals surface area contributed by atoms with Crippen molar-refractivity contribution < 1.29 is 9.90 Å². The highest BCUT2D eigenvalue weighted by molar-refractivity contribution is 5.79. The summed E-state index contributed by atoms with van der Waals surface area (Å²) in [5.74, 6) is -1.08. The number of aromatic nitrogens is 2. The molecule has 8 heteroatoms. The molecule has 162 valence electrons. The number of nitrogens with two attached hydrogens (primary N) is 1. The first kappa shape index (κ1) is 21.0. The van der Waals surface area contributed by atoms with Gasteiger partial charge in [0.25, 0.3) is 5.56 Å². The first-order valence-corrected chi connectivity index (χ1v) is 10.4. The van der Waals surface area contributed by atoms with Crippen LogP contribution in [0.3, 0.4) is 0 Å². The molecule has 3 N–H and O–H groups in total. The molecule has 0 spiro atoms. The van der Waals surface area contributed by atoms with Crippen LogP contribution in [0.15, 0.2) is 52.1 Å². The zero-order chi connectivity index (χ0) is 22.1. The standard InChI is InChI=1S/C23H26N4O4/c1-25-20-13-16(14-26-10-2-3-11-26)6-9-18(20)21(28)27(23(25)31)17-7-4-15(5-8-17)12-19(24)22(29)30/h4-9,13,19H,2-3,10-12,14,24H2,1H3,(H,29,30). The molecule has 31 heavy (non-hydrogen) atoms. The van der Waals surface area contributed by atoms with Crippen molar-refractivity contribution in [3.8, 4) is 5.69 Å². The van der Waals surface area contributed by atoms with Gasteiger partial charge in [0.1, 0.15) is 6.04 Å². The van der Waals surface area contributed by atoms with Gasteiger partial charge in [0, 0.05) is 13.6 Å². The van der Waals surface area contributed by atoms with Gasteiger partial charge in [-0.1, -0.05) is 18.2 Å². The fourth-order valence-corrected chi connectivity index (χ4v) is 4.14. The van der Waals surface area contributed by atoms with E-state index in [4.69, 9.17) is 10.8 Å². The van der Waals surface area contributed by atoms with E-state index in [0.717, 1.165) is 35.3 Å². The number of fused-ring (bicyclic) bond motifs is 1. The summed E-state index contributed by atoms with van der Waals surface area (Å²) in [6, 6.07) is 11.3. The number of carbonyl (C=O) groups is 1. The molecule has 1 aromatic heterocycles. The number of benzene rings is 2. The average molecular weight is 422 g/mol. The number of aryl methyl sites for hydroxylation is 1. The van der Waals surface area contributed by atoms with Crippen LogP contribution in [0.2, 0.25) is 0 Å². The van der Waals surface area contributed by atoms with Crippen LogP contribution in [0.25, 0.3) is 16.6 Å². The lowest BCUT2D eigenvalue weighted by Gasteiger charge is -2.16. The van der Waals surface area contributed by atoms with Crippen LogP contribution in [0.4, 0.5) is 0 Å². The van der Waals surface area contributed by atoms with Crippen molar-refractivity contribution in [3.05, 3.63) is 74.4 Å². The molecule has 8 nitrogen and oxygen atoms in total. The molecular weight excluding hydrogens is 396 g/mol. The van der Waals surface area contributed by atoms with Gasteiger partial charge >= 0.3 is 11.7 Å². The third-order valence-corrected chi connectivity index (χ3v) is 5.91. The summed E-state index contributed by atoms with van der Waals surface area (Å²) in [6.07, 6.45) is 2.58. The molecule has 3 aromatic rings. The Kier molecular flexibility index (Phi) is 5.75. The van der Waals surface area contributed by atoms with Gasteiger partial charge in [-0.25, -0.2) is 9.36 Å². The minimum atomic E-state index is -1.08. The second-order valence-electron chi connectivity index (χ2n) is 8.13. The van der Waals surface area contributed by atoms with Crippen molar-refractivity contribution in [2.24, 2.45) is 12.8 Å². The average Bonchev–Trinajstić information content (AvgIpc) is 3.26. The lowest BCUT2D eigenvalue weighted by molar-refractivity contribution is -0.138. The number of hydrogen-bond acceptors (Lipinski definition) is 5. The Labute approximate surface area is 179 Å². The molecule has 1 fully saturated rings. The SMILES string of the molecule is Cn1c(=O)n(-c2ccc(CC(N)C(=O)O)cc2)c(=O)c2ccc(CN3CCCC3)cc21. The summed E-state index contributed by atoms with van der Waals surface area (Å²) in [5.41, 5.74) is 7.63. The molecule has 0 amide bonds. The first-order chi connectivity index (χ1) is 14.8. The van der Waals surface area contributed by atoms with Gasteiger partial charge in [-0.15, -0.1) is 0 Å². The minimum Gasteiger partial charge on any atom is -0.480 e. The minimum absolute atomic E-state index is 0.167. The molecule has 1 aliphatic heterocycles. The zero-order valence-corrected chi connectivity index (χ0v) is 17.5. The molecule has 0 aliphatic carbocycles. The molecule has 1 atom stereocenters. The summed E-state index contributed by atoms with van der Waals surface area (Å²) in [7, 11) is 1.67. The van der Waals surface area contributed by atoms with E-state index in [2.05, 4.69) is 4.90 Å². The first-order valence-electron chi connectivity index (χ1n) is 10.4. The Morgan fingerprint density at radius 2 is 1.71 bits per heavy atom. The van der Waals surface area contributed by atoms with E-state index in [1.165, 1.54) is 17.4 Å². The van der Waals surface area contributed by atoms with Gasteiger partial charge in [-0.3, -0.25) is 19.1 Å². The molecule has 1 saturated heterocycles. The molecule has 1 unspecified atom stereocenters.